The van der Waals surface area contributed by atoms with E-state index < -0.39 is 0 Å². The normalized spacial score (nSPS) is 12.0. The number of aliphatic hydroxyl groups is 1. The molecule has 22 heavy (non-hydrogen) atoms. The number of ether oxygens (including phenoxy) is 1. The Morgan fingerprint density at radius 3 is 2.64 bits per heavy atom. The molecular formula is C17H20FNO2S. The summed E-state index contributed by atoms with van der Waals surface area (Å²) >= 11 is 1.39. The highest BCUT2D eigenvalue weighted by atomic mass is 32.2. The molecule has 118 valence electrons. The lowest BCUT2D eigenvalue weighted by atomic mass is 10.1. The number of benzene rings is 2. The third kappa shape index (κ3) is 3.72. The number of hydrogen-bond acceptors (Lipinski definition) is 4. The molecule has 1 atom stereocenters. The molecule has 0 spiro atoms. The first-order chi connectivity index (χ1) is 10.6. The second kappa shape index (κ2) is 7.51. The molecule has 0 saturated carbocycles. The van der Waals surface area contributed by atoms with Crippen LogP contribution in [0.3, 0.4) is 0 Å². The maximum atomic E-state index is 13.9. The van der Waals surface area contributed by atoms with E-state index in [-0.39, 0.29) is 18.5 Å². The molecule has 0 aromatic heterocycles. The number of methoxy groups -OCH3 is 1. The van der Waals surface area contributed by atoms with Crippen molar-refractivity contribution >= 4 is 17.4 Å². The van der Waals surface area contributed by atoms with Crippen molar-refractivity contribution in [3.8, 4) is 5.75 Å². The lowest BCUT2D eigenvalue weighted by Crippen LogP contribution is -2.07. The van der Waals surface area contributed by atoms with Crippen LogP contribution in [0.1, 0.15) is 24.1 Å². The standard InChI is InChI=1S/C17H20FNO2S/c1-11(12-4-7-17(22-3)15(18)9-12)19-14-5-6-16(21-2)13(8-14)10-20/h4-9,11,19-20H,10H2,1-3H3. The first-order valence-electron chi connectivity index (χ1n) is 6.96. The highest BCUT2D eigenvalue weighted by Gasteiger charge is 2.10. The van der Waals surface area contributed by atoms with E-state index in [0.717, 1.165) is 11.3 Å². The van der Waals surface area contributed by atoms with E-state index in [9.17, 15) is 9.50 Å². The van der Waals surface area contributed by atoms with Gasteiger partial charge in [-0.1, -0.05) is 6.07 Å². The van der Waals surface area contributed by atoms with Gasteiger partial charge in [-0.2, -0.15) is 0 Å². The number of nitrogens with one attached hydrogen (secondary N) is 1. The van der Waals surface area contributed by atoms with Crippen LogP contribution >= 0.6 is 11.8 Å². The zero-order chi connectivity index (χ0) is 16.1. The Kier molecular flexibility index (Phi) is 5.69. The molecule has 3 nitrogen and oxygen atoms in total. The lowest BCUT2D eigenvalue weighted by molar-refractivity contribution is 0.274. The Morgan fingerprint density at radius 1 is 1.27 bits per heavy atom. The van der Waals surface area contributed by atoms with Gasteiger partial charge in [0.1, 0.15) is 11.6 Å². The molecule has 0 amide bonds. The van der Waals surface area contributed by atoms with E-state index in [1.165, 1.54) is 11.8 Å². The number of halogens is 1. The SMILES string of the molecule is COc1ccc(NC(C)c2ccc(SC)c(F)c2)cc1CO. The van der Waals surface area contributed by atoms with Gasteiger partial charge in [-0.3, -0.25) is 0 Å². The van der Waals surface area contributed by atoms with E-state index in [0.29, 0.717) is 16.2 Å². The fourth-order valence-corrected chi connectivity index (χ4v) is 2.74. The molecule has 5 heteroatoms. The summed E-state index contributed by atoms with van der Waals surface area (Å²) in [6.45, 7) is 1.88. The highest BCUT2D eigenvalue weighted by Crippen LogP contribution is 2.27. The quantitative estimate of drug-likeness (QED) is 0.782. The summed E-state index contributed by atoms with van der Waals surface area (Å²) in [7, 11) is 1.57. The van der Waals surface area contributed by atoms with Crippen molar-refractivity contribution in [2.45, 2.75) is 24.5 Å². The van der Waals surface area contributed by atoms with Gasteiger partial charge in [0.2, 0.25) is 0 Å². The summed E-state index contributed by atoms with van der Waals surface area (Å²) < 4.78 is 19.1. The van der Waals surface area contributed by atoms with Crippen LogP contribution in [-0.2, 0) is 6.61 Å². The summed E-state index contributed by atoms with van der Waals surface area (Å²) in [5.74, 6) is 0.445. The van der Waals surface area contributed by atoms with Gasteiger partial charge in [-0.25, -0.2) is 4.39 Å². The van der Waals surface area contributed by atoms with E-state index >= 15 is 0 Å². The Labute approximate surface area is 134 Å². The highest BCUT2D eigenvalue weighted by molar-refractivity contribution is 7.98. The van der Waals surface area contributed by atoms with Gasteiger partial charge in [0.25, 0.3) is 0 Å². The van der Waals surface area contributed by atoms with Crippen molar-refractivity contribution in [1.82, 2.24) is 0 Å². The third-order valence-electron chi connectivity index (χ3n) is 3.51. The number of aliphatic hydroxyl groups excluding tert-OH is 1. The van der Waals surface area contributed by atoms with Crippen LogP contribution < -0.4 is 10.1 Å². The fraction of sp³-hybridized carbons (Fsp3) is 0.294. The van der Waals surface area contributed by atoms with Crippen LogP contribution in [-0.4, -0.2) is 18.5 Å². The molecule has 0 aliphatic heterocycles. The van der Waals surface area contributed by atoms with Gasteiger partial charge >= 0.3 is 0 Å². The summed E-state index contributed by atoms with van der Waals surface area (Å²) in [6.07, 6.45) is 1.85. The van der Waals surface area contributed by atoms with Crippen molar-refractivity contribution in [3.63, 3.8) is 0 Å². The lowest BCUT2D eigenvalue weighted by Gasteiger charge is -2.18. The van der Waals surface area contributed by atoms with E-state index in [1.54, 1.807) is 25.3 Å². The molecular weight excluding hydrogens is 301 g/mol. The molecule has 0 saturated heterocycles. The van der Waals surface area contributed by atoms with E-state index in [2.05, 4.69) is 5.32 Å². The summed E-state index contributed by atoms with van der Waals surface area (Å²) in [5.41, 5.74) is 2.44. The maximum Gasteiger partial charge on any atom is 0.137 e. The average molecular weight is 321 g/mol. The number of hydrogen-bond donors (Lipinski definition) is 2. The van der Waals surface area contributed by atoms with Crippen LogP contribution in [0, 0.1) is 5.82 Å². The Balaban J connectivity index is 2.18. The molecule has 0 fully saturated rings. The van der Waals surface area contributed by atoms with Gasteiger partial charge < -0.3 is 15.2 Å². The summed E-state index contributed by atoms with van der Waals surface area (Å²) in [5, 5.41) is 12.7. The van der Waals surface area contributed by atoms with Crippen molar-refractivity contribution in [1.29, 1.82) is 0 Å². The van der Waals surface area contributed by atoms with Crippen molar-refractivity contribution in [2.24, 2.45) is 0 Å². The average Bonchev–Trinajstić information content (AvgIpc) is 2.54. The van der Waals surface area contributed by atoms with Crippen LogP contribution in [0.15, 0.2) is 41.3 Å². The Bertz CT molecular complexity index is 649. The fourth-order valence-electron chi connectivity index (χ4n) is 2.28. The smallest absolute Gasteiger partial charge is 0.137 e. The molecule has 2 N–H and O–H groups in total. The van der Waals surface area contributed by atoms with Crippen LogP contribution in [0.25, 0.3) is 0 Å². The monoisotopic (exact) mass is 321 g/mol. The van der Waals surface area contributed by atoms with E-state index in [4.69, 9.17) is 4.74 Å². The van der Waals surface area contributed by atoms with E-state index in [1.807, 2.05) is 31.4 Å². The summed E-state index contributed by atoms with van der Waals surface area (Å²) in [6, 6.07) is 10.7. The molecule has 2 aromatic carbocycles. The minimum Gasteiger partial charge on any atom is -0.496 e. The van der Waals surface area contributed by atoms with Crippen LogP contribution in [0.5, 0.6) is 5.75 Å². The zero-order valence-corrected chi connectivity index (χ0v) is 13.7. The number of anilines is 1. The Morgan fingerprint density at radius 2 is 2.05 bits per heavy atom. The van der Waals surface area contributed by atoms with Gasteiger partial charge in [-0.05, 0) is 49.1 Å². The number of rotatable bonds is 6. The van der Waals surface area contributed by atoms with Gasteiger partial charge in [0, 0.05) is 22.2 Å². The number of thioether (sulfide) groups is 1. The molecule has 0 radical (unpaired) electrons. The van der Waals surface area contributed by atoms with Gasteiger partial charge in [0.15, 0.2) is 0 Å². The molecule has 2 aromatic rings. The second-order valence-electron chi connectivity index (χ2n) is 4.94. The Hall–Kier alpha value is -1.72. The van der Waals surface area contributed by atoms with Crippen LogP contribution in [0.4, 0.5) is 10.1 Å². The third-order valence-corrected chi connectivity index (χ3v) is 4.28. The molecule has 0 heterocycles. The van der Waals surface area contributed by atoms with Crippen molar-refractivity contribution < 1.29 is 14.2 Å². The second-order valence-corrected chi connectivity index (χ2v) is 5.79. The molecule has 0 aliphatic rings. The zero-order valence-electron chi connectivity index (χ0n) is 12.9. The van der Waals surface area contributed by atoms with Gasteiger partial charge in [-0.15, -0.1) is 11.8 Å². The first kappa shape index (κ1) is 16.6. The molecule has 2 rings (SSSR count). The molecule has 0 aliphatic carbocycles. The topological polar surface area (TPSA) is 41.5 Å². The minimum absolute atomic E-state index is 0.0506. The molecule has 0 bridgehead atoms. The first-order valence-corrected chi connectivity index (χ1v) is 8.19. The predicted octanol–water partition coefficient (Wildman–Crippen LogP) is 4.22. The van der Waals surface area contributed by atoms with Crippen molar-refractivity contribution in [2.75, 3.05) is 18.7 Å². The van der Waals surface area contributed by atoms with Crippen molar-refractivity contribution in [3.05, 3.63) is 53.3 Å². The van der Waals surface area contributed by atoms with Gasteiger partial charge in [0.05, 0.1) is 13.7 Å². The molecule has 1 unspecified atom stereocenters. The minimum atomic E-state index is -0.204. The van der Waals surface area contributed by atoms with Crippen LogP contribution in [0.2, 0.25) is 0 Å². The maximum absolute atomic E-state index is 13.9. The largest absolute Gasteiger partial charge is 0.496 e. The predicted molar refractivity (Wildman–Crippen MR) is 89.1 cm³/mol. The summed E-state index contributed by atoms with van der Waals surface area (Å²) in [4.78, 5) is 0.642.